The number of imidazole rings is 1. The number of hydrogen-bond acceptors (Lipinski definition) is 3. The smallest absolute Gasteiger partial charge is 0.143 e. The normalized spacial score (nSPS) is 11.3. The molecule has 0 aliphatic rings. The molecule has 6 heteroatoms. The standard InChI is InChI=1S/C22H21FN4S/c1-15(2)16-6-10-19(11-7-16)27-20(17-4-8-18(23)9-5-17)21(22(25-27)28-3)26-13-12-24-14-26/h4-15H,1-3H3. The lowest BCUT2D eigenvalue weighted by atomic mass is 10.0. The number of thioether (sulfide) groups is 1. The molecule has 0 aliphatic heterocycles. The minimum absolute atomic E-state index is 0.259. The highest BCUT2D eigenvalue weighted by Gasteiger charge is 2.21. The van der Waals surface area contributed by atoms with Gasteiger partial charge in [0.05, 0.1) is 17.7 Å². The number of nitrogens with zero attached hydrogens (tertiary/aromatic N) is 4. The molecule has 4 aromatic rings. The zero-order valence-corrected chi connectivity index (χ0v) is 16.8. The average Bonchev–Trinajstić information content (AvgIpc) is 3.36. The summed E-state index contributed by atoms with van der Waals surface area (Å²) in [5.74, 6) is 0.205. The summed E-state index contributed by atoms with van der Waals surface area (Å²) in [6, 6.07) is 15.0. The summed E-state index contributed by atoms with van der Waals surface area (Å²) in [4.78, 5) is 4.19. The molecule has 0 saturated carbocycles. The zero-order valence-electron chi connectivity index (χ0n) is 16.0. The van der Waals surface area contributed by atoms with Crippen molar-refractivity contribution in [3.05, 3.63) is 78.6 Å². The molecule has 0 radical (unpaired) electrons. The molecule has 0 saturated heterocycles. The topological polar surface area (TPSA) is 35.6 Å². The molecule has 142 valence electrons. The van der Waals surface area contributed by atoms with Crippen molar-refractivity contribution in [3.8, 4) is 22.6 Å². The van der Waals surface area contributed by atoms with Crippen LogP contribution in [0, 0.1) is 5.82 Å². The fourth-order valence-corrected chi connectivity index (χ4v) is 3.76. The Bertz CT molecular complexity index is 1070. The fraction of sp³-hybridized carbons (Fsp3) is 0.182. The van der Waals surface area contributed by atoms with Crippen molar-refractivity contribution < 1.29 is 4.39 Å². The molecule has 0 fully saturated rings. The highest BCUT2D eigenvalue weighted by molar-refractivity contribution is 7.98. The second-order valence-corrected chi connectivity index (χ2v) is 7.64. The van der Waals surface area contributed by atoms with E-state index in [-0.39, 0.29) is 5.82 Å². The molecule has 0 N–H and O–H groups in total. The van der Waals surface area contributed by atoms with Gasteiger partial charge < -0.3 is 4.57 Å². The van der Waals surface area contributed by atoms with Gasteiger partial charge in [0.2, 0.25) is 0 Å². The Balaban J connectivity index is 1.96. The molecule has 4 rings (SSSR count). The van der Waals surface area contributed by atoms with E-state index in [0.717, 1.165) is 27.7 Å². The molecule has 2 aromatic heterocycles. The predicted molar refractivity (Wildman–Crippen MR) is 112 cm³/mol. The maximum Gasteiger partial charge on any atom is 0.143 e. The first-order chi connectivity index (χ1) is 13.6. The lowest BCUT2D eigenvalue weighted by Gasteiger charge is -2.12. The molecule has 0 bridgehead atoms. The Morgan fingerprint density at radius 3 is 2.29 bits per heavy atom. The van der Waals surface area contributed by atoms with Crippen molar-refractivity contribution in [2.45, 2.75) is 24.8 Å². The van der Waals surface area contributed by atoms with E-state index in [1.165, 1.54) is 17.7 Å². The van der Waals surface area contributed by atoms with Crippen LogP contribution in [0.25, 0.3) is 22.6 Å². The summed E-state index contributed by atoms with van der Waals surface area (Å²) < 4.78 is 17.4. The van der Waals surface area contributed by atoms with E-state index >= 15 is 0 Å². The van der Waals surface area contributed by atoms with Crippen molar-refractivity contribution in [3.63, 3.8) is 0 Å². The van der Waals surface area contributed by atoms with Crippen molar-refractivity contribution in [1.29, 1.82) is 0 Å². The maximum atomic E-state index is 13.5. The molecule has 2 aromatic carbocycles. The zero-order chi connectivity index (χ0) is 19.7. The van der Waals surface area contributed by atoms with Crippen molar-refractivity contribution in [2.75, 3.05) is 6.26 Å². The monoisotopic (exact) mass is 392 g/mol. The highest BCUT2D eigenvalue weighted by atomic mass is 32.2. The van der Waals surface area contributed by atoms with Crippen LogP contribution in [-0.2, 0) is 0 Å². The number of hydrogen-bond donors (Lipinski definition) is 0. The Labute approximate surface area is 168 Å². The van der Waals surface area contributed by atoms with Gasteiger partial charge in [0, 0.05) is 18.0 Å². The second-order valence-electron chi connectivity index (χ2n) is 6.84. The molecule has 0 spiro atoms. The van der Waals surface area contributed by atoms with Crippen LogP contribution in [0.1, 0.15) is 25.3 Å². The molecule has 0 aliphatic carbocycles. The third-order valence-electron chi connectivity index (χ3n) is 4.71. The van der Waals surface area contributed by atoms with Crippen LogP contribution in [0.15, 0.2) is 72.3 Å². The Morgan fingerprint density at radius 1 is 1.00 bits per heavy atom. The van der Waals surface area contributed by atoms with Crippen LogP contribution in [0.4, 0.5) is 4.39 Å². The molecule has 4 nitrogen and oxygen atoms in total. The van der Waals surface area contributed by atoms with Crippen LogP contribution >= 0.6 is 11.8 Å². The van der Waals surface area contributed by atoms with Gasteiger partial charge >= 0.3 is 0 Å². The summed E-state index contributed by atoms with van der Waals surface area (Å²) in [7, 11) is 0. The summed E-state index contributed by atoms with van der Waals surface area (Å²) in [6.07, 6.45) is 7.41. The Hall–Kier alpha value is -2.86. The predicted octanol–water partition coefficient (Wildman–Crippen LogP) is 5.71. The lowest BCUT2D eigenvalue weighted by molar-refractivity contribution is 0.628. The number of aromatic nitrogens is 4. The van der Waals surface area contributed by atoms with Crippen LogP contribution in [0.2, 0.25) is 0 Å². The Kier molecular flexibility index (Phi) is 5.05. The van der Waals surface area contributed by atoms with Gasteiger partial charge in [-0.3, -0.25) is 0 Å². The van der Waals surface area contributed by atoms with Gasteiger partial charge in [-0.05, 0) is 54.1 Å². The van der Waals surface area contributed by atoms with Gasteiger partial charge in [0.15, 0.2) is 0 Å². The summed E-state index contributed by atoms with van der Waals surface area (Å²) >= 11 is 1.57. The summed E-state index contributed by atoms with van der Waals surface area (Å²) in [5, 5.41) is 5.75. The van der Waals surface area contributed by atoms with Crippen molar-refractivity contribution >= 4 is 11.8 Å². The molecule has 28 heavy (non-hydrogen) atoms. The van der Waals surface area contributed by atoms with Crippen molar-refractivity contribution in [1.82, 2.24) is 19.3 Å². The molecular weight excluding hydrogens is 371 g/mol. The van der Waals surface area contributed by atoms with Gasteiger partial charge in [-0.2, -0.15) is 5.10 Å². The molecular formula is C22H21FN4S. The van der Waals surface area contributed by atoms with Crippen LogP contribution in [-0.4, -0.2) is 25.6 Å². The average molecular weight is 393 g/mol. The SMILES string of the molecule is CSc1nn(-c2ccc(C(C)C)cc2)c(-c2ccc(F)cc2)c1-n1ccnc1. The first-order valence-electron chi connectivity index (χ1n) is 9.10. The summed E-state index contributed by atoms with van der Waals surface area (Å²) in [6.45, 7) is 4.35. The lowest BCUT2D eigenvalue weighted by Crippen LogP contribution is -2.01. The fourth-order valence-electron chi connectivity index (χ4n) is 3.21. The van der Waals surface area contributed by atoms with E-state index in [9.17, 15) is 4.39 Å². The second kappa shape index (κ2) is 7.64. The molecule has 2 heterocycles. The third kappa shape index (κ3) is 3.36. The van der Waals surface area contributed by atoms with Gasteiger partial charge in [0.1, 0.15) is 16.5 Å². The largest absolute Gasteiger partial charge is 0.302 e. The van der Waals surface area contributed by atoms with Crippen LogP contribution in [0.5, 0.6) is 0 Å². The van der Waals surface area contributed by atoms with Crippen molar-refractivity contribution in [2.24, 2.45) is 0 Å². The third-order valence-corrected chi connectivity index (χ3v) is 5.37. The first kappa shape index (κ1) is 18.5. The van der Waals surface area contributed by atoms with Gasteiger partial charge in [-0.1, -0.05) is 26.0 Å². The molecule has 0 atom stereocenters. The first-order valence-corrected chi connectivity index (χ1v) is 10.3. The quantitative estimate of drug-likeness (QED) is 0.408. The van der Waals surface area contributed by atoms with E-state index in [2.05, 4.69) is 43.1 Å². The number of rotatable bonds is 5. The summed E-state index contributed by atoms with van der Waals surface area (Å²) in [5.41, 5.74) is 4.97. The highest BCUT2D eigenvalue weighted by Crippen LogP contribution is 2.36. The van der Waals surface area contributed by atoms with Crippen LogP contribution < -0.4 is 0 Å². The van der Waals surface area contributed by atoms with E-state index < -0.39 is 0 Å². The number of halogens is 1. The van der Waals surface area contributed by atoms with Gasteiger partial charge in [-0.25, -0.2) is 14.1 Å². The minimum Gasteiger partial charge on any atom is -0.302 e. The maximum absolute atomic E-state index is 13.5. The molecule has 0 unspecified atom stereocenters. The van der Waals surface area contributed by atoms with E-state index in [0.29, 0.717) is 5.92 Å². The van der Waals surface area contributed by atoms with Crippen LogP contribution in [0.3, 0.4) is 0 Å². The molecule has 0 amide bonds. The van der Waals surface area contributed by atoms with E-state index in [1.807, 2.05) is 21.7 Å². The minimum atomic E-state index is -0.259. The number of benzene rings is 2. The van der Waals surface area contributed by atoms with E-state index in [4.69, 9.17) is 5.10 Å². The van der Waals surface area contributed by atoms with Gasteiger partial charge in [0.25, 0.3) is 0 Å². The van der Waals surface area contributed by atoms with Gasteiger partial charge in [-0.15, -0.1) is 11.8 Å². The van der Waals surface area contributed by atoms with E-state index in [1.54, 1.807) is 36.4 Å². The Morgan fingerprint density at radius 2 is 1.71 bits per heavy atom.